The summed E-state index contributed by atoms with van der Waals surface area (Å²) < 4.78 is 5.51. The van der Waals surface area contributed by atoms with E-state index in [0.717, 1.165) is 51.9 Å². The highest BCUT2D eigenvalue weighted by atomic mass is 32.2. The van der Waals surface area contributed by atoms with E-state index >= 15 is 0 Å². The molecule has 0 N–H and O–H groups in total. The first kappa shape index (κ1) is 23.6. The van der Waals surface area contributed by atoms with Crippen molar-refractivity contribution < 1.29 is 9.53 Å². The molecule has 4 heterocycles. The molecule has 196 valence electrons. The second kappa shape index (κ2) is 8.37. The molecule has 3 aromatic carbocycles. The van der Waals surface area contributed by atoms with E-state index in [1.807, 2.05) is 48.2 Å². The van der Waals surface area contributed by atoms with Gasteiger partial charge in [-0.1, -0.05) is 48.5 Å². The Balaban J connectivity index is 1.50. The summed E-state index contributed by atoms with van der Waals surface area (Å²) in [6.07, 6.45) is 0.539. The summed E-state index contributed by atoms with van der Waals surface area (Å²) in [6, 6.07) is 25.4. The number of methoxy groups -OCH3 is 1. The molecule has 4 atom stereocenters. The zero-order valence-electron chi connectivity index (χ0n) is 22.1. The predicted octanol–water partition coefficient (Wildman–Crippen LogP) is 4.93. The molecule has 3 saturated heterocycles. The lowest BCUT2D eigenvalue weighted by Gasteiger charge is -2.52. The molecule has 8 rings (SSSR count). The number of fused-ring (bicyclic) bond motifs is 9. The third-order valence-electron chi connectivity index (χ3n) is 9.61. The van der Waals surface area contributed by atoms with Gasteiger partial charge in [0.1, 0.15) is 17.1 Å². The molecule has 0 saturated carbocycles. The van der Waals surface area contributed by atoms with Gasteiger partial charge in [0.2, 0.25) is 0 Å². The average Bonchev–Trinajstić information content (AvgIpc) is 3.61. The molecule has 0 unspecified atom stereocenters. The molecule has 4 aromatic rings. The molecular formula is C32H30N4O2S. The Hall–Kier alpha value is -3.26. The second-order valence-electron chi connectivity index (χ2n) is 11.3. The Morgan fingerprint density at radius 1 is 0.974 bits per heavy atom. The number of thioether (sulfide) groups is 1. The van der Waals surface area contributed by atoms with Crippen molar-refractivity contribution in [3.05, 3.63) is 89.6 Å². The smallest absolute Gasteiger partial charge is 0.144 e. The molecule has 4 aliphatic rings. The number of nitrogens with zero attached hydrogens (tertiary/aromatic N) is 4. The molecular weight excluding hydrogens is 504 g/mol. The maximum Gasteiger partial charge on any atom is 0.144 e. The van der Waals surface area contributed by atoms with E-state index in [4.69, 9.17) is 14.7 Å². The number of para-hydroxylation sites is 2. The Kier molecular flexibility index (Phi) is 5.07. The fourth-order valence-electron chi connectivity index (χ4n) is 8.22. The van der Waals surface area contributed by atoms with E-state index in [9.17, 15) is 4.79 Å². The van der Waals surface area contributed by atoms with Crippen LogP contribution in [0.1, 0.15) is 29.2 Å². The maximum atomic E-state index is 14.8. The fourth-order valence-corrected chi connectivity index (χ4v) is 9.52. The molecule has 0 bridgehead atoms. The average molecular weight is 535 g/mol. The van der Waals surface area contributed by atoms with Crippen molar-refractivity contribution in [3.63, 3.8) is 0 Å². The van der Waals surface area contributed by atoms with E-state index in [1.54, 1.807) is 7.11 Å². The van der Waals surface area contributed by atoms with Crippen LogP contribution < -0.4 is 4.74 Å². The summed E-state index contributed by atoms with van der Waals surface area (Å²) >= 11 is 1.96. The standard InChI is InChI=1S/C32H30N4O2S/c1-35-16-15-27(37)31(18-35)28(20-11-13-21(38-2)14-12-20)26-17-39-19-36(26)32(31)23-8-4-3-7-22(23)29-30(32)34-25-10-6-5-9-24(25)33-29/h3-14,26,28H,15-19H2,1-2H3/t26-,28-,31+,32-/m0/s1. The summed E-state index contributed by atoms with van der Waals surface area (Å²) in [6.45, 7) is 1.46. The third kappa shape index (κ3) is 2.88. The Bertz CT molecular complexity index is 1640. The molecule has 3 fully saturated rings. The maximum absolute atomic E-state index is 14.8. The highest BCUT2D eigenvalue weighted by Crippen LogP contribution is 2.71. The van der Waals surface area contributed by atoms with Gasteiger partial charge < -0.3 is 9.64 Å². The number of Topliss-reactive ketones (excluding diaryl/α,β-unsaturated/α-hetero) is 1. The van der Waals surface area contributed by atoms with Gasteiger partial charge in [-0.15, -0.1) is 11.8 Å². The molecule has 7 heteroatoms. The van der Waals surface area contributed by atoms with E-state index in [1.165, 1.54) is 11.1 Å². The molecule has 39 heavy (non-hydrogen) atoms. The van der Waals surface area contributed by atoms with Crippen LogP contribution in [0.2, 0.25) is 0 Å². The largest absolute Gasteiger partial charge is 0.497 e. The van der Waals surface area contributed by atoms with Gasteiger partial charge in [-0.05, 0) is 42.4 Å². The van der Waals surface area contributed by atoms with Gasteiger partial charge in [0.25, 0.3) is 0 Å². The quantitative estimate of drug-likeness (QED) is 0.362. The topological polar surface area (TPSA) is 58.6 Å². The van der Waals surface area contributed by atoms with Gasteiger partial charge in [0.05, 0.1) is 34.9 Å². The van der Waals surface area contributed by atoms with Gasteiger partial charge in [0.15, 0.2) is 0 Å². The first-order chi connectivity index (χ1) is 19.1. The lowest BCUT2D eigenvalue weighted by Crippen LogP contribution is -2.62. The van der Waals surface area contributed by atoms with Crippen molar-refractivity contribution in [2.45, 2.75) is 23.9 Å². The Morgan fingerprint density at radius 3 is 2.51 bits per heavy atom. The monoisotopic (exact) mass is 534 g/mol. The number of carbonyl (C=O) groups excluding carboxylic acids is 1. The van der Waals surface area contributed by atoms with Crippen LogP contribution in [0.5, 0.6) is 5.75 Å². The van der Waals surface area contributed by atoms with E-state index < -0.39 is 11.0 Å². The predicted molar refractivity (Wildman–Crippen MR) is 154 cm³/mol. The van der Waals surface area contributed by atoms with Gasteiger partial charge in [0, 0.05) is 48.7 Å². The zero-order valence-corrected chi connectivity index (χ0v) is 22.9. The SMILES string of the molecule is COc1ccc([C@H]2[C@@H]3CSCN3[C@]3(c4ccccc4-c4nc5ccccc5nc43)[C@@]23CN(C)CCC3=O)cc1. The van der Waals surface area contributed by atoms with Crippen LogP contribution in [0.15, 0.2) is 72.8 Å². The lowest BCUT2D eigenvalue weighted by molar-refractivity contribution is -0.140. The number of ketones is 1. The molecule has 6 nitrogen and oxygen atoms in total. The summed E-state index contributed by atoms with van der Waals surface area (Å²) in [7, 11) is 3.87. The Labute approximate surface area is 232 Å². The Morgan fingerprint density at radius 2 is 1.72 bits per heavy atom. The van der Waals surface area contributed by atoms with Crippen LogP contribution >= 0.6 is 11.8 Å². The first-order valence-electron chi connectivity index (χ1n) is 13.7. The number of benzene rings is 3. The molecule has 0 amide bonds. The number of hydrogen-bond acceptors (Lipinski definition) is 7. The molecule has 1 aromatic heterocycles. The number of likely N-dealkylation sites (tertiary alicyclic amines) is 1. The van der Waals surface area contributed by atoms with Gasteiger partial charge >= 0.3 is 0 Å². The lowest BCUT2D eigenvalue weighted by atomic mass is 9.56. The molecule has 3 aliphatic heterocycles. The van der Waals surface area contributed by atoms with Crippen LogP contribution in [-0.4, -0.2) is 70.5 Å². The highest BCUT2D eigenvalue weighted by Gasteiger charge is 2.76. The minimum Gasteiger partial charge on any atom is -0.497 e. The minimum atomic E-state index is -0.710. The van der Waals surface area contributed by atoms with Crippen molar-refractivity contribution in [3.8, 4) is 17.0 Å². The van der Waals surface area contributed by atoms with Crippen LogP contribution in [0.25, 0.3) is 22.3 Å². The van der Waals surface area contributed by atoms with Crippen LogP contribution in [0, 0.1) is 5.41 Å². The number of aromatic nitrogens is 2. The van der Waals surface area contributed by atoms with Gasteiger partial charge in [-0.2, -0.15) is 0 Å². The van der Waals surface area contributed by atoms with Crippen molar-refractivity contribution in [1.29, 1.82) is 0 Å². The van der Waals surface area contributed by atoms with Crippen molar-refractivity contribution in [2.24, 2.45) is 5.41 Å². The number of rotatable bonds is 2. The van der Waals surface area contributed by atoms with E-state index in [2.05, 4.69) is 53.2 Å². The van der Waals surface area contributed by atoms with E-state index in [-0.39, 0.29) is 12.0 Å². The highest BCUT2D eigenvalue weighted by molar-refractivity contribution is 7.99. The number of piperidine rings is 1. The summed E-state index contributed by atoms with van der Waals surface area (Å²) in [5.41, 5.74) is 5.74. The third-order valence-corrected chi connectivity index (χ3v) is 10.6. The second-order valence-corrected chi connectivity index (χ2v) is 12.3. The molecule has 1 aliphatic carbocycles. The van der Waals surface area contributed by atoms with Crippen LogP contribution in [-0.2, 0) is 10.3 Å². The van der Waals surface area contributed by atoms with Crippen LogP contribution in [0.4, 0.5) is 0 Å². The summed E-state index contributed by atoms with van der Waals surface area (Å²) in [5, 5.41) is 0. The molecule has 0 radical (unpaired) electrons. The minimum absolute atomic E-state index is 0.0148. The summed E-state index contributed by atoms with van der Waals surface area (Å²) in [5.74, 6) is 3.03. The van der Waals surface area contributed by atoms with Gasteiger partial charge in [-0.3, -0.25) is 9.69 Å². The normalized spacial score (nSPS) is 29.7. The van der Waals surface area contributed by atoms with E-state index in [0.29, 0.717) is 18.7 Å². The number of hydrogen-bond donors (Lipinski definition) is 0. The van der Waals surface area contributed by atoms with Crippen molar-refractivity contribution in [1.82, 2.24) is 19.8 Å². The van der Waals surface area contributed by atoms with Gasteiger partial charge in [-0.25, -0.2) is 9.97 Å². The first-order valence-corrected chi connectivity index (χ1v) is 14.8. The summed E-state index contributed by atoms with van der Waals surface area (Å²) in [4.78, 5) is 30.5. The zero-order chi connectivity index (χ0) is 26.4. The fraction of sp³-hybridized carbons (Fsp3) is 0.344. The molecule has 2 spiro atoms. The van der Waals surface area contributed by atoms with Crippen molar-refractivity contribution >= 4 is 28.6 Å². The number of carbonyl (C=O) groups is 1. The number of ether oxygens (including phenoxy) is 1. The van der Waals surface area contributed by atoms with Crippen molar-refractivity contribution in [2.75, 3.05) is 38.9 Å². The van der Waals surface area contributed by atoms with Crippen LogP contribution in [0.3, 0.4) is 0 Å².